The van der Waals surface area contributed by atoms with E-state index in [1.54, 1.807) is 0 Å². The summed E-state index contributed by atoms with van der Waals surface area (Å²) in [5.74, 6) is 1.09. The Labute approximate surface area is 158 Å². The van der Waals surface area contributed by atoms with Gasteiger partial charge in [-0.1, -0.05) is 37.6 Å². The lowest BCUT2D eigenvalue weighted by atomic mass is 9.68. The van der Waals surface area contributed by atoms with Crippen LogP contribution in [0.1, 0.15) is 43.7 Å². The molecule has 0 amide bonds. The van der Waals surface area contributed by atoms with Crippen LogP contribution in [-0.2, 0) is 12.8 Å². The number of hydrogen-bond donors (Lipinski definition) is 1. The van der Waals surface area contributed by atoms with Crippen LogP contribution in [0.3, 0.4) is 0 Å². The summed E-state index contributed by atoms with van der Waals surface area (Å²) in [7, 11) is 1.91. The van der Waals surface area contributed by atoms with Gasteiger partial charge in [0.1, 0.15) is 0 Å². The number of benzene rings is 1. The standard InChI is InChI=1S/C19H29N3.HI/c1-3-16-5-7-17(8-6-16)9-13-21-18(20-2)22-14-12-19(15-22)10-4-11-19;/h5-8H,3-4,9-15H2,1-2H3,(H,20,21);1H. The molecule has 1 aliphatic carbocycles. The predicted octanol–water partition coefficient (Wildman–Crippen LogP) is 3.86. The average molecular weight is 427 g/mol. The maximum atomic E-state index is 4.48. The first kappa shape index (κ1) is 18.6. The van der Waals surface area contributed by atoms with Gasteiger partial charge in [-0.15, -0.1) is 24.0 Å². The van der Waals surface area contributed by atoms with Gasteiger partial charge in [-0.05, 0) is 48.6 Å². The van der Waals surface area contributed by atoms with Crippen molar-refractivity contribution in [2.24, 2.45) is 10.4 Å². The monoisotopic (exact) mass is 427 g/mol. The second-order valence-electron chi connectivity index (χ2n) is 6.92. The molecule has 3 rings (SSSR count). The average Bonchev–Trinajstić information content (AvgIpc) is 2.98. The molecule has 1 spiro atoms. The fraction of sp³-hybridized carbons (Fsp3) is 0.632. The van der Waals surface area contributed by atoms with Gasteiger partial charge >= 0.3 is 0 Å². The third-order valence-corrected chi connectivity index (χ3v) is 5.49. The highest BCUT2D eigenvalue weighted by molar-refractivity contribution is 14.0. The van der Waals surface area contributed by atoms with Gasteiger partial charge in [0.15, 0.2) is 5.96 Å². The van der Waals surface area contributed by atoms with Crippen LogP contribution in [0.2, 0.25) is 0 Å². The molecule has 2 fully saturated rings. The van der Waals surface area contributed by atoms with E-state index in [-0.39, 0.29) is 24.0 Å². The molecule has 128 valence electrons. The first-order valence-electron chi connectivity index (χ1n) is 8.78. The van der Waals surface area contributed by atoms with Crippen molar-refractivity contribution >= 4 is 29.9 Å². The van der Waals surface area contributed by atoms with E-state index < -0.39 is 0 Å². The largest absolute Gasteiger partial charge is 0.356 e. The molecule has 0 atom stereocenters. The maximum absolute atomic E-state index is 4.48. The van der Waals surface area contributed by atoms with Crippen LogP contribution in [0.25, 0.3) is 0 Å². The van der Waals surface area contributed by atoms with Crippen LogP contribution in [-0.4, -0.2) is 37.5 Å². The van der Waals surface area contributed by atoms with Crippen LogP contribution in [0.5, 0.6) is 0 Å². The summed E-state index contributed by atoms with van der Waals surface area (Å²) in [6.45, 7) is 5.54. The third-order valence-electron chi connectivity index (χ3n) is 5.49. The van der Waals surface area contributed by atoms with E-state index in [2.05, 4.69) is 46.4 Å². The number of likely N-dealkylation sites (tertiary alicyclic amines) is 1. The summed E-state index contributed by atoms with van der Waals surface area (Å²) in [6.07, 6.45) is 7.79. The van der Waals surface area contributed by atoms with Crippen molar-refractivity contribution in [3.05, 3.63) is 35.4 Å². The summed E-state index contributed by atoms with van der Waals surface area (Å²) in [6, 6.07) is 8.99. The third kappa shape index (κ3) is 4.40. The Morgan fingerprint density at radius 2 is 1.87 bits per heavy atom. The molecule has 4 heteroatoms. The fourth-order valence-corrected chi connectivity index (χ4v) is 3.79. The highest BCUT2D eigenvalue weighted by Gasteiger charge is 2.43. The smallest absolute Gasteiger partial charge is 0.193 e. The quantitative estimate of drug-likeness (QED) is 0.449. The molecular weight excluding hydrogens is 397 g/mol. The minimum atomic E-state index is 0. The molecule has 1 aromatic carbocycles. The van der Waals surface area contributed by atoms with E-state index in [4.69, 9.17) is 0 Å². The highest BCUT2D eigenvalue weighted by Crippen LogP contribution is 2.47. The van der Waals surface area contributed by atoms with Gasteiger partial charge in [0.05, 0.1) is 0 Å². The molecule has 0 radical (unpaired) electrons. The number of rotatable bonds is 4. The van der Waals surface area contributed by atoms with E-state index in [1.165, 1.54) is 49.9 Å². The Kier molecular flexibility index (Phi) is 6.74. The first-order valence-corrected chi connectivity index (χ1v) is 8.78. The van der Waals surface area contributed by atoms with Crippen LogP contribution in [0, 0.1) is 5.41 Å². The number of hydrogen-bond acceptors (Lipinski definition) is 1. The molecule has 1 aliphatic heterocycles. The van der Waals surface area contributed by atoms with Gasteiger partial charge < -0.3 is 10.2 Å². The minimum Gasteiger partial charge on any atom is -0.356 e. The molecule has 1 saturated carbocycles. The topological polar surface area (TPSA) is 27.6 Å². The van der Waals surface area contributed by atoms with Crippen molar-refractivity contribution in [2.45, 2.75) is 45.4 Å². The predicted molar refractivity (Wildman–Crippen MR) is 109 cm³/mol. The molecule has 1 saturated heterocycles. The van der Waals surface area contributed by atoms with E-state index in [1.807, 2.05) is 7.05 Å². The van der Waals surface area contributed by atoms with Crippen molar-refractivity contribution in [3.8, 4) is 0 Å². The number of halogens is 1. The number of nitrogens with one attached hydrogen (secondary N) is 1. The highest BCUT2D eigenvalue weighted by atomic mass is 127. The molecule has 3 nitrogen and oxygen atoms in total. The second-order valence-corrected chi connectivity index (χ2v) is 6.92. The Hall–Kier alpha value is -0.780. The molecule has 0 bridgehead atoms. The fourth-order valence-electron chi connectivity index (χ4n) is 3.79. The zero-order chi connectivity index (χ0) is 15.4. The molecule has 23 heavy (non-hydrogen) atoms. The molecule has 0 aromatic heterocycles. The number of aliphatic imine (C=N–C) groups is 1. The molecule has 2 aliphatic rings. The summed E-state index contributed by atoms with van der Waals surface area (Å²) in [5, 5.41) is 3.55. The van der Waals surface area contributed by atoms with Gasteiger partial charge in [0.2, 0.25) is 0 Å². The molecule has 0 unspecified atom stereocenters. The van der Waals surface area contributed by atoms with Crippen molar-refractivity contribution in [1.29, 1.82) is 0 Å². The molecule has 1 heterocycles. The maximum Gasteiger partial charge on any atom is 0.193 e. The van der Waals surface area contributed by atoms with Crippen LogP contribution < -0.4 is 5.32 Å². The Balaban J connectivity index is 0.00000192. The van der Waals surface area contributed by atoms with Crippen LogP contribution in [0.15, 0.2) is 29.3 Å². The summed E-state index contributed by atoms with van der Waals surface area (Å²) >= 11 is 0. The zero-order valence-electron chi connectivity index (χ0n) is 14.5. The lowest BCUT2D eigenvalue weighted by Crippen LogP contribution is -2.43. The Bertz CT molecular complexity index is 520. The Morgan fingerprint density at radius 1 is 1.17 bits per heavy atom. The summed E-state index contributed by atoms with van der Waals surface area (Å²) in [5.41, 5.74) is 3.44. The van der Waals surface area contributed by atoms with Gasteiger partial charge in [0, 0.05) is 26.7 Å². The van der Waals surface area contributed by atoms with Gasteiger partial charge in [-0.3, -0.25) is 4.99 Å². The minimum absolute atomic E-state index is 0. The van der Waals surface area contributed by atoms with Gasteiger partial charge in [-0.2, -0.15) is 0 Å². The van der Waals surface area contributed by atoms with Crippen molar-refractivity contribution in [1.82, 2.24) is 10.2 Å². The van der Waals surface area contributed by atoms with Crippen molar-refractivity contribution in [3.63, 3.8) is 0 Å². The van der Waals surface area contributed by atoms with E-state index >= 15 is 0 Å². The molecule has 1 N–H and O–H groups in total. The van der Waals surface area contributed by atoms with Crippen LogP contribution >= 0.6 is 24.0 Å². The van der Waals surface area contributed by atoms with Crippen molar-refractivity contribution < 1.29 is 0 Å². The second kappa shape index (κ2) is 8.36. The van der Waals surface area contributed by atoms with Gasteiger partial charge in [0.25, 0.3) is 0 Å². The number of guanidine groups is 1. The van der Waals surface area contributed by atoms with Crippen LogP contribution in [0.4, 0.5) is 0 Å². The first-order chi connectivity index (χ1) is 10.7. The molecule has 1 aromatic rings. The zero-order valence-corrected chi connectivity index (χ0v) is 16.8. The van der Waals surface area contributed by atoms with Crippen molar-refractivity contribution in [2.75, 3.05) is 26.7 Å². The van der Waals surface area contributed by atoms with E-state index in [0.717, 1.165) is 25.3 Å². The summed E-state index contributed by atoms with van der Waals surface area (Å²) in [4.78, 5) is 6.94. The molecular formula is C19H30IN3. The summed E-state index contributed by atoms with van der Waals surface area (Å²) < 4.78 is 0. The normalized spacial score (nSPS) is 19.4. The lowest BCUT2D eigenvalue weighted by molar-refractivity contribution is 0.151. The SMILES string of the molecule is CCc1ccc(CCNC(=NC)N2CCC3(CCC3)C2)cc1.I. The number of nitrogens with zero attached hydrogens (tertiary/aromatic N) is 2. The van der Waals surface area contributed by atoms with Gasteiger partial charge in [-0.25, -0.2) is 0 Å². The lowest BCUT2D eigenvalue weighted by Gasteiger charge is -2.38. The van der Waals surface area contributed by atoms with E-state index in [0.29, 0.717) is 5.41 Å². The Morgan fingerprint density at radius 3 is 2.39 bits per heavy atom. The number of aryl methyl sites for hydroxylation is 1. The van der Waals surface area contributed by atoms with E-state index in [9.17, 15) is 0 Å².